The lowest BCUT2D eigenvalue weighted by molar-refractivity contribution is -0.144. The number of benzene rings is 2. The van der Waals surface area contributed by atoms with Gasteiger partial charge < -0.3 is 23.5 Å². The highest BCUT2D eigenvalue weighted by Crippen LogP contribution is 2.38. The van der Waals surface area contributed by atoms with Gasteiger partial charge in [0.25, 0.3) is 0 Å². The number of hydrogen-bond acceptors (Lipinski definition) is 7. The van der Waals surface area contributed by atoms with E-state index in [0.29, 0.717) is 39.8 Å². The molecule has 1 aromatic heterocycles. The zero-order chi connectivity index (χ0) is 21.7. The van der Waals surface area contributed by atoms with Crippen molar-refractivity contribution in [1.29, 1.82) is 0 Å². The summed E-state index contributed by atoms with van der Waals surface area (Å²) in [5.41, 5.74) is 2.56. The van der Waals surface area contributed by atoms with Gasteiger partial charge in [-0.2, -0.15) is 0 Å². The number of halogens is 1. The van der Waals surface area contributed by atoms with Crippen molar-refractivity contribution < 1.29 is 32.7 Å². The Bertz CT molecular complexity index is 1000. The Balaban J connectivity index is 1.67. The van der Waals surface area contributed by atoms with Crippen LogP contribution in [0.5, 0.6) is 17.2 Å². The summed E-state index contributed by atoms with van der Waals surface area (Å²) in [6, 6.07) is 9.27. The fourth-order valence-electron chi connectivity index (χ4n) is 2.98. The van der Waals surface area contributed by atoms with E-state index in [4.69, 9.17) is 23.5 Å². The minimum absolute atomic E-state index is 0.0123. The van der Waals surface area contributed by atoms with Crippen LogP contribution in [0.2, 0.25) is 0 Å². The molecule has 3 aromatic rings. The number of nitrogens with zero attached hydrogens (tertiary/aromatic N) is 1. The van der Waals surface area contributed by atoms with Gasteiger partial charge >= 0.3 is 5.97 Å². The van der Waals surface area contributed by atoms with Gasteiger partial charge in [0.1, 0.15) is 18.1 Å². The van der Waals surface area contributed by atoms with Crippen molar-refractivity contribution in [3.05, 3.63) is 59.0 Å². The Morgan fingerprint density at radius 2 is 1.67 bits per heavy atom. The summed E-state index contributed by atoms with van der Waals surface area (Å²) in [6.07, 6.45) is 0.0123. The van der Waals surface area contributed by atoms with Crippen molar-refractivity contribution in [2.24, 2.45) is 0 Å². The van der Waals surface area contributed by atoms with Gasteiger partial charge in [0.2, 0.25) is 5.75 Å². The third-order valence-electron chi connectivity index (χ3n) is 4.57. The molecule has 0 unspecified atom stereocenters. The molecule has 2 aromatic carbocycles. The van der Waals surface area contributed by atoms with Crippen LogP contribution < -0.4 is 14.2 Å². The van der Waals surface area contributed by atoms with E-state index in [1.165, 1.54) is 33.5 Å². The smallest absolute Gasteiger partial charge is 0.310 e. The average molecular weight is 415 g/mol. The van der Waals surface area contributed by atoms with E-state index in [2.05, 4.69) is 5.16 Å². The quantitative estimate of drug-likeness (QED) is 0.513. The maximum absolute atomic E-state index is 13.1. The molecule has 0 aliphatic heterocycles. The van der Waals surface area contributed by atoms with Gasteiger partial charge in [-0.1, -0.05) is 5.16 Å². The van der Waals surface area contributed by atoms with E-state index in [1.807, 2.05) is 0 Å². The molecule has 0 spiro atoms. The predicted molar refractivity (Wildman–Crippen MR) is 106 cm³/mol. The van der Waals surface area contributed by atoms with Crippen LogP contribution in [0.15, 0.2) is 40.9 Å². The molecule has 0 radical (unpaired) electrons. The van der Waals surface area contributed by atoms with Crippen LogP contribution in [0.25, 0.3) is 11.3 Å². The van der Waals surface area contributed by atoms with Crippen molar-refractivity contribution in [1.82, 2.24) is 5.16 Å². The molecule has 0 bridgehead atoms. The molecular formula is C22H22FNO6. The van der Waals surface area contributed by atoms with Gasteiger partial charge in [-0.3, -0.25) is 4.79 Å². The molecule has 0 aliphatic carbocycles. The number of carbonyl (C=O) groups excluding carboxylic acids is 1. The molecule has 3 rings (SSSR count). The number of rotatable bonds is 8. The molecule has 7 nitrogen and oxygen atoms in total. The molecule has 0 amide bonds. The molecule has 30 heavy (non-hydrogen) atoms. The van der Waals surface area contributed by atoms with Crippen molar-refractivity contribution >= 4 is 5.97 Å². The van der Waals surface area contributed by atoms with Gasteiger partial charge in [0.15, 0.2) is 17.3 Å². The maximum atomic E-state index is 13.1. The van der Waals surface area contributed by atoms with Gasteiger partial charge in [-0.15, -0.1) is 0 Å². The van der Waals surface area contributed by atoms with E-state index in [0.717, 1.165) is 5.56 Å². The number of esters is 1. The fourth-order valence-corrected chi connectivity index (χ4v) is 2.98. The number of hydrogen-bond donors (Lipinski definition) is 0. The second-order valence-electron chi connectivity index (χ2n) is 6.46. The number of methoxy groups -OCH3 is 3. The maximum Gasteiger partial charge on any atom is 0.310 e. The summed E-state index contributed by atoms with van der Waals surface area (Å²) >= 11 is 0. The minimum Gasteiger partial charge on any atom is -0.493 e. The van der Waals surface area contributed by atoms with Gasteiger partial charge in [-0.05, 0) is 48.9 Å². The lowest BCUT2D eigenvalue weighted by Gasteiger charge is -2.13. The monoisotopic (exact) mass is 415 g/mol. The Morgan fingerprint density at radius 3 is 2.23 bits per heavy atom. The minimum atomic E-state index is -0.449. The summed E-state index contributed by atoms with van der Waals surface area (Å²) < 4.78 is 39.7. The van der Waals surface area contributed by atoms with Crippen molar-refractivity contribution in [2.75, 3.05) is 21.3 Å². The van der Waals surface area contributed by atoms with Crippen LogP contribution in [-0.4, -0.2) is 32.5 Å². The van der Waals surface area contributed by atoms with Gasteiger partial charge in [0, 0.05) is 11.1 Å². The van der Waals surface area contributed by atoms with E-state index in [9.17, 15) is 9.18 Å². The zero-order valence-corrected chi connectivity index (χ0v) is 17.2. The van der Waals surface area contributed by atoms with Crippen LogP contribution >= 0.6 is 0 Å². The van der Waals surface area contributed by atoms with Crippen molar-refractivity contribution in [3.8, 4) is 28.6 Å². The summed E-state index contributed by atoms with van der Waals surface area (Å²) in [7, 11) is 4.52. The number of aromatic nitrogens is 1. The van der Waals surface area contributed by atoms with Crippen LogP contribution in [0.4, 0.5) is 4.39 Å². The Kier molecular flexibility index (Phi) is 6.56. The SMILES string of the molecule is COc1cc(CC(=O)OCc2noc(-c3ccc(F)cc3)c2C)cc(OC)c1OC. The highest BCUT2D eigenvalue weighted by Gasteiger charge is 2.18. The normalized spacial score (nSPS) is 10.6. The van der Waals surface area contributed by atoms with E-state index in [-0.39, 0.29) is 18.8 Å². The van der Waals surface area contributed by atoms with E-state index in [1.54, 1.807) is 31.2 Å². The highest BCUT2D eigenvalue weighted by atomic mass is 19.1. The van der Waals surface area contributed by atoms with Crippen molar-refractivity contribution in [3.63, 3.8) is 0 Å². The molecule has 0 N–H and O–H groups in total. The van der Waals surface area contributed by atoms with E-state index >= 15 is 0 Å². The standard InChI is InChI=1S/C22H22FNO6/c1-13-17(24-30-21(13)15-5-7-16(23)8-6-15)12-29-20(25)11-14-9-18(26-2)22(28-4)19(10-14)27-3/h5-10H,11-12H2,1-4H3. The molecular weight excluding hydrogens is 393 g/mol. The molecule has 0 aliphatic rings. The molecule has 1 heterocycles. The second-order valence-corrected chi connectivity index (χ2v) is 6.46. The first-order valence-electron chi connectivity index (χ1n) is 9.12. The topological polar surface area (TPSA) is 80.0 Å². The molecule has 0 saturated carbocycles. The van der Waals surface area contributed by atoms with Gasteiger partial charge in [0.05, 0.1) is 27.8 Å². The first-order valence-corrected chi connectivity index (χ1v) is 9.12. The molecule has 158 valence electrons. The number of carbonyl (C=O) groups is 1. The van der Waals surface area contributed by atoms with Crippen LogP contribution in [0, 0.1) is 12.7 Å². The fraction of sp³-hybridized carbons (Fsp3) is 0.273. The predicted octanol–water partition coefficient (Wildman–Crippen LogP) is 4.10. The summed E-state index contributed by atoms with van der Waals surface area (Å²) in [5, 5.41) is 3.97. The molecule has 0 saturated heterocycles. The average Bonchev–Trinajstić information content (AvgIpc) is 3.12. The summed E-state index contributed by atoms with van der Waals surface area (Å²) in [4.78, 5) is 12.3. The number of ether oxygens (including phenoxy) is 4. The zero-order valence-electron chi connectivity index (χ0n) is 17.2. The third-order valence-corrected chi connectivity index (χ3v) is 4.57. The summed E-state index contributed by atoms with van der Waals surface area (Å²) in [5.74, 6) is 1.08. The van der Waals surface area contributed by atoms with Crippen molar-refractivity contribution in [2.45, 2.75) is 20.0 Å². The summed E-state index contributed by atoms with van der Waals surface area (Å²) in [6.45, 7) is 1.76. The largest absolute Gasteiger partial charge is 0.493 e. The molecule has 8 heteroatoms. The molecule has 0 fully saturated rings. The van der Waals surface area contributed by atoms with Crippen LogP contribution in [-0.2, 0) is 22.6 Å². The van der Waals surface area contributed by atoms with Gasteiger partial charge in [-0.25, -0.2) is 4.39 Å². The lowest BCUT2D eigenvalue weighted by Crippen LogP contribution is -2.09. The Morgan fingerprint density at radius 1 is 1.03 bits per heavy atom. The lowest BCUT2D eigenvalue weighted by atomic mass is 10.1. The van der Waals surface area contributed by atoms with E-state index < -0.39 is 5.97 Å². The molecule has 0 atom stereocenters. The Hall–Kier alpha value is -3.55. The Labute approximate surface area is 173 Å². The second kappa shape index (κ2) is 9.30. The first kappa shape index (κ1) is 21.2. The van der Waals surface area contributed by atoms with Crippen LogP contribution in [0.3, 0.4) is 0 Å². The third kappa shape index (κ3) is 4.53. The van der Waals surface area contributed by atoms with Crippen LogP contribution in [0.1, 0.15) is 16.8 Å². The highest BCUT2D eigenvalue weighted by molar-refractivity contribution is 5.73. The first-order chi connectivity index (χ1) is 14.5.